The van der Waals surface area contributed by atoms with Crippen LogP contribution in [0.5, 0.6) is 0 Å². The molecule has 0 saturated carbocycles. The van der Waals surface area contributed by atoms with Crippen LogP contribution in [0.2, 0.25) is 0 Å². The second-order valence-corrected chi connectivity index (χ2v) is 5.57. The van der Waals surface area contributed by atoms with E-state index >= 15 is 0 Å². The summed E-state index contributed by atoms with van der Waals surface area (Å²) >= 11 is 3.40. The first kappa shape index (κ1) is 13.2. The molecule has 18 heavy (non-hydrogen) atoms. The summed E-state index contributed by atoms with van der Waals surface area (Å²) in [7, 11) is 0. The van der Waals surface area contributed by atoms with Gasteiger partial charge in [0.05, 0.1) is 10.4 Å². The summed E-state index contributed by atoms with van der Waals surface area (Å²) in [6, 6.07) is 10.6. The van der Waals surface area contributed by atoms with E-state index in [1.165, 1.54) is 11.3 Å². The van der Waals surface area contributed by atoms with Crippen molar-refractivity contribution in [1.29, 1.82) is 0 Å². The molecule has 0 spiro atoms. The second kappa shape index (κ2) is 6.10. The monoisotopic (exact) mass is 372 g/mol. The van der Waals surface area contributed by atoms with Gasteiger partial charge in [-0.15, -0.1) is 11.3 Å². The van der Waals surface area contributed by atoms with Gasteiger partial charge in [0.15, 0.2) is 6.61 Å². The lowest BCUT2D eigenvalue weighted by Crippen LogP contribution is -2.14. The number of carbonyl (C=O) groups is 2. The normalized spacial score (nSPS) is 10.1. The zero-order valence-electron chi connectivity index (χ0n) is 9.26. The topological polar surface area (TPSA) is 43.4 Å². The van der Waals surface area contributed by atoms with Gasteiger partial charge < -0.3 is 4.74 Å². The van der Waals surface area contributed by atoms with Gasteiger partial charge in [-0.2, -0.15) is 0 Å². The van der Waals surface area contributed by atoms with Gasteiger partial charge in [0.2, 0.25) is 5.78 Å². The summed E-state index contributed by atoms with van der Waals surface area (Å²) in [6.45, 7) is -0.218. The number of benzene rings is 1. The van der Waals surface area contributed by atoms with Gasteiger partial charge in [0.25, 0.3) is 0 Å². The molecular formula is C13H9IO3S. The zero-order valence-corrected chi connectivity index (χ0v) is 12.2. The maximum atomic E-state index is 11.8. The molecule has 1 aromatic carbocycles. The van der Waals surface area contributed by atoms with Crippen molar-refractivity contribution in [1.82, 2.24) is 0 Å². The highest BCUT2D eigenvalue weighted by Crippen LogP contribution is 2.14. The zero-order chi connectivity index (χ0) is 13.0. The molecule has 1 heterocycles. The molecule has 0 atom stereocenters. The van der Waals surface area contributed by atoms with Crippen LogP contribution in [0.25, 0.3) is 0 Å². The van der Waals surface area contributed by atoms with Crippen molar-refractivity contribution >= 4 is 45.7 Å². The maximum absolute atomic E-state index is 11.8. The van der Waals surface area contributed by atoms with Gasteiger partial charge in [-0.3, -0.25) is 4.79 Å². The molecule has 0 aliphatic carbocycles. The summed E-state index contributed by atoms with van der Waals surface area (Å²) in [6.07, 6.45) is 0. The van der Waals surface area contributed by atoms with E-state index in [4.69, 9.17) is 4.74 Å². The van der Waals surface area contributed by atoms with Crippen molar-refractivity contribution in [3.05, 3.63) is 55.8 Å². The molecule has 92 valence electrons. The van der Waals surface area contributed by atoms with Gasteiger partial charge in [-0.1, -0.05) is 18.2 Å². The molecule has 3 nitrogen and oxygen atoms in total. The second-order valence-electron chi connectivity index (χ2n) is 3.46. The first-order valence-electron chi connectivity index (χ1n) is 5.17. The third-order valence-corrected chi connectivity index (χ3v) is 4.08. The number of halogens is 1. The molecule has 0 amide bonds. The van der Waals surface area contributed by atoms with Gasteiger partial charge in [-0.05, 0) is 46.2 Å². The third-order valence-electron chi connectivity index (χ3n) is 2.22. The van der Waals surface area contributed by atoms with Gasteiger partial charge in [-0.25, -0.2) is 4.79 Å². The Morgan fingerprint density at radius 1 is 1.17 bits per heavy atom. The van der Waals surface area contributed by atoms with Crippen molar-refractivity contribution in [2.75, 3.05) is 6.61 Å². The number of thiophene rings is 1. The van der Waals surface area contributed by atoms with E-state index < -0.39 is 5.97 Å². The van der Waals surface area contributed by atoms with E-state index in [0.717, 1.165) is 3.57 Å². The van der Waals surface area contributed by atoms with Crippen molar-refractivity contribution in [3.63, 3.8) is 0 Å². The lowest BCUT2D eigenvalue weighted by Gasteiger charge is -2.04. The fraction of sp³-hybridized carbons (Fsp3) is 0.0769. The summed E-state index contributed by atoms with van der Waals surface area (Å²) in [5.74, 6) is -0.644. The molecule has 0 radical (unpaired) electrons. The molecule has 2 rings (SSSR count). The van der Waals surface area contributed by atoms with Crippen LogP contribution < -0.4 is 0 Å². The minimum Gasteiger partial charge on any atom is -0.454 e. The highest BCUT2D eigenvalue weighted by molar-refractivity contribution is 14.1. The van der Waals surface area contributed by atoms with E-state index in [-0.39, 0.29) is 12.4 Å². The average molecular weight is 372 g/mol. The minimum absolute atomic E-state index is 0.177. The summed E-state index contributed by atoms with van der Waals surface area (Å²) in [5, 5.41) is 1.81. The smallest absolute Gasteiger partial charge is 0.339 e. The molecule has 2 aromatic rings. The Morgan fingerprint density at radius 2 is 1.94 bits per heavy atom. The number of ketones is 1. The van der Waals surface area contributed by atoms with E-state index in [0.29, 0.717) is 10.4 Å². The Hall–Kier alpha value is -1.21. The number of esters is 1. The largest absolute Gasteiger partial charge is 0.454 e. The number of hydrogen-bond acceptors (Lipinski definition) is 4. The molecule has 0 fully saturated rings. The summed E-state index contributed by atoms with van der Waals surface area (Å²) in [5.41, 5.74) is 0.483. The van der Waals surface area contributed by atoms with Crippen LogP contribution >= 0.6 is 33.9 Å². The third kappa shape index (κ3) is 3.17. The van der Waals surface area contributed by atoms with Gasteiger partial charge in [0, 0.05) is 3.57 Å². The molecule has 5 heteroatoms. The first-order chi connectivity index (χ1) is 8.68. The van der Waals surface area contributed by atoms with Crippen molar-refractivity contribution in [3.8, 4) is 0 Å². The van der Waals surface area contributed by atoms with Crippen LogP contribution in [0.4, 0.5) is 0 Å². The number of ether oxygens (including phenoxy) is 1. The van der Waals surface area contributed by atoms with Crippen molar-refractivity contribution < 1.29 is 14.3 Å². The quantitative estimate of drug-likeness (QED) is 0.470. The number of carbonyl (C=O) groups excluding carboxylic acids is 2. The number of hydrogen-bond donors (Lipinski definition) is 0. The Bertz CT molecular complexity index is 563. The van der Waals surface area contributed by atoms with Gasteiger partial charge >= 0.3 is 5.97 Å². The lowest BCUT2D eigenvalue weighted by atomic mass is 10.2. The van der Waals surface area contributed by atoms with Gasteiger partial charge in [0.1, 0.15) is 0 Å². The molecule has 0 unspecified atom stereocenters. The average Bonchev–Trinajstić information content (AvgIpc) is 2.90. The SMILES string of the molecule is O=C(COC(=O)c1ccccc1I)c1cccs1. The van der Waals surface area contributed by atoms with Crippen LogP contribution in [-0.4, -0.2) is 18.4 Å². The predicted octanol–water partition coefficient (Wildman–Crippen LogP) is 3.39. The Balaban J connectivity index is 1.97. The maximum Gasteiger partial charge on any atom is 0.339 e. The van der Waals surface area contributed by atoms with E-state index in [1.54, 1.807) is 24.3 Å². The van der Waals surface area contributed by atoms with Crippen LogP contribution in [0.3, 0.4) is 0 Å². The molecule has 0 aliphatic rings. The van der Waals surface area contributed by atoms with E-state index in [1.807, 2.05) is 17.5 Å². The van der Waals surface area contributed by atoms with Crippen LogP contribution in [0, 0.1) is 3.57 Å². The van der Waals surface area contributed by atoms with Crippen molar-refractivity contribution in [2.45, 2.75) is 0 Å². The van der Waals surface area contributed by atoms with Crippen LogP contribution in [-0.2, 0) is 4.74 Å². The highest BCUT2D eigenvalue weighted by atomic mass is 127. The molecule has 0 saturated heterocycles. The molecule has 1 aromatic heterocycles. The van der Waals surface area contributed by atoms with Crippen LogP contribution in [0.1, 0.15) is 20.0 Å². The highest BCUT2D eigenvalue weighted by Gasteiger charge is 2.14. The fourth-order valence-corrected chi connectivity index (χ4v) is 2.60. The summed E-state index contributed by atoms with van der Waals surface area (Å²) in [4.78, 5) is 24.0. The fourth-order valence-electron chi connectivity index (χ4n) is 1.34. The Morgan fingerprint density at radius 3 is 2.61 bits per heavy atom. The molecule has 0 aliphatic heterocycles. The molecule has 0 bridgehead atoms. The van der Waals surface area contributed by atoms with Crippen molar-refractivity contribution in [2.24, 2.45) is 0 Å². The van der Waals surface area contributed by atoms with E-state index in [9.17, 15) is 9.59 Å². The lowest BCUT2D eigenvalue weighted by molar-refractivity contribution is 0.0475. The van der Waals surface area contributed by atoms with Crippen LogP contribution in [0.15, 0.2) is 41.8 Å². The Kier molecular flexibility index (Phi) is 4.48. The molecular weight excluding hydrogens is 363 g/mol. The number of rotatable bonds is 4. The number of Topliss-reactive ketones (excluding diaryl/α,β-unsaturated/α-hetero) is 1. The standard InChI is InChI=1S/C13H9IO3S/c14-10-5-2-1-4-9(10)13(16)17-8-11(15)12-6-3-7-18-12/h1-7H,8H2. The first-order valence-corrected chi connectivity index (χ1v) is 7.12. The predicted molar refractivity (Wildman–Crippen MR) is 78.1 cm³/mol. The summed E-state index contributed by atoms with van der Waals surface area (Å²) < 4.78 is 5.82. The Labute approximate surface area is 122 Å². The minimum atomic E-state index is -0.468. The van der Waals surface area contributed by atoms with E-state index in [2.05, 4.69) is 22.6 Å². The molecule has 0 N–H and O–H groups in total.